The molecule has 1 aromatic heterocycles. The van der Waals surface area contributed by atoms with Crippen molar-refractivity contribution in [3.8, 4) is 0 Å². The van der Waals surface area contributed by atoms with Crippen molar-refractivity contribution in [2.75, 3.05) is 6.54 Å². The first-order valence-electron chi connectivity index (χ1n) is 12.3. The van der Waals surface area contributed by atoms with Gasteiger partial charge in [0, 0.05) is 13.0 Å². The SMILES string of the molecule is O=C(N[C@@H](Cc1ccccc1)C(=O)N1CCC[C@H]1C(=O)c1nc2ccccc2s1)OCc1ccccc1. The van der Waals surface area contributed by atoms with Crippen molar-refractivity contribution in [2.24, 2.45) is 0 Å². The fourth-order valence-electron chi connectivity index (χ4n) is 4.58. The molecule has 1 fully saturated rings. The van der Waals surface area contributed by atoms with Crippen molar-refractivity contribution in [1.29, 1.82) is 0 Å². The van der Waals surface area contributed by atoms with Gasteiger partial charge in [-0.25, -0.2) is 9.78 Å². The second-order valence-electron chi connectivity index (χ2n) is 8.99. The van der Waals surface area contributed by atoms with Gasteiger partial charge in [-0.3, -0.25) is 9.59 Å². The summed E-state index contributed by atoms with van der Waals surface area (Å²) in [6.45, 7) is 0.549. The Morgan fingerprint density at radius 1 is 0.946 bits per heavy atom. The molecule has 7 nitrogen and oxygen atoms in total. The van der Waals surface area contributed by atoms with E-state index in [-0.39, 0.29) is 18.3 Å². The largest absolute Gasteiger partial charge is 0.445 e. The van der Waals surface area contributed by atoms with Gasteiger partial charge >= 0.3 is 6.09 Å². The second kappa shape index (κ2) is 11.3. The Labute approximate surface area is 219 Å². The molecule has 1 aliphatic heterocycles. The topological polar surface area (TPSA) is 88.6 Å². The van der Waals surface area contributed by atoms with E-state index in [9.17, 15) is 14.4 Å². The van der Waals surface area contributed by atoms with Gasteiger partial charge in [0.25, 0.3) is 0 Å². The molecule has 1 N–H and O–H groups in total. The van der Waals surface area contributed by atoms with E-state index in [0.29, 0.717) is 30.8 Å². The lowest BCUT2D eigenvalue weighted by Gasteiger charge is -2.28. The molecular formula is C29H27N3O4S. The standard InChI is InChI=1S/C29H27N3O4S/c33-26(27-30-22-14-7-8-16-25(22)37-27)24-15-9-17-32(24)28(34)23(18-20-10-3-1-4-11-20)31-29(35)36-19-21-12-5-2-6-13-21/h1-8,10-14,16,23-24H,9,15,17-19H2,(H,31,35)/t23-,24-/m0/s1. The van der Waals surface area contributed by atoms with Crippen LogP contribution in [0, 0.1) is 0 Å². The van der Waals surface area contributed by atoms with Crippen LogP contribution in [0.4, 0.5) is 4.79 Å². The van der Waals surface area contributed by atoms with Crippen LogP contribution in [-0.4, -0.2) is 46.3 Å². The highest BCUT2D eigenvalue weighted by molar-refractivity contribution is 7.20. The van der Waals surface area contributed by atoms with Crippen molar-refractivity contribution in [3.05, 3.63) is 101 Å². The Bertz CT molecular complexity index is 1360. The number of nitrogens with one attached hydrogen (secondary N) is 1. The number of rotatable bonds is 8. The number of thiazole rings is 1. The zero-order chi connectivity index (χ0) is 25.6. The first-order valence-corrected chi connectivity index (χ1v) is 13.1. The Morgan fingerprint density at radius 3 is 2.35 bits per heavy atom. The van der Waals surface area contributed by atoms with Crippen LogP contribution >= 0.6 is 11.3 Å². The summed E-state index contributed by atoms with van der Waals surface area (Å²) in [5, 5.41) is 3.16. The molecule has 5 rings (SSSR count). The summed E-state index contributed by atoms with van der Waals surface area (Å²) in [5.41, 5.74) is 2.53. The van der Waals surface area contributed by atoms with E-state index < -0.39 is 18.2 Å². The van der Waals surface area contributed by atoms with Gasteiger partial charge in [-0.05, 0) is 36.1 Å². The molecular weight excluding hydrogens is 486 g/mol. The Balaban J connectivity index is 1.32. The second-order valence-corrected chi connectivity index (χ2v) is 10.0. The molecule has 8 heteroatoms. The zero-order valence-corrected chi connectivity index (χ0v) is 21.0. The molecule has 2 amide bonds. The summed E-state index contributed by atoms with van der Waals surface area (Å²) < 4.78 is 6.33. The highest BCUT2D eigenvalue weighted by atomic mass is 32.1. The van der Waals surface area contributed by atoms with E-state index in [1.54, 1.807) is 4.90 Å². The van der Waals surface area contributed by atoms with E-state index in [1.807, 2.05) is 84.9 Å². The van der Waals surface area contributed by atoms with Gasteiger partial charge in [0.2, 0.25) is 11.7 Å². The molecule has 2 atom stereocenters. The molecule has 4 aromatic rings. The number of amides is 2. The molecule has 1 aliphatic rings. The molecule has 0 spiro atoms. The van der Waals surface area contributed by atoms with Gasteiger partial charge in [-0.1, -0.05) is 72.8 Å². The zero-order valence-electron chi connectivity index (χ0n) is 20.2. The molecule has 0 unspecified atom stereocenters. The van der Waals surface area contributed by atoms with Crippen LogP contribution in [0.2, 0.25) is 0 Å². The average molecular weight is 514 g/mol. The van der Waals surface area contributed by atoms with E-state index in [2.05, 4.69) is 10.3 Å². The van der Waals surface area contributed by atoms with Crippen LogP contribution in [0.15, 0.2) is 84.9 Å². The minimum atomic E-state index is -0.866. The lowest BCUT2D eigenvalue weighted by molar-refractivity contribution is -0.133. The summed E-state index contributed by atoms with van der Waals surface area (Å²) in [5.74, 6) is -0.449. The molecule has 37 heavy (non-hydrogen) atoms. The summed E-state index contributed by atoms with van der Waals surface area (Å²) in [7, 11) is 0. The molecule has 188 valence electrons. The number of ketones is 1. The molecule has 0 bridgehead atoms. The lowest BCUT2D eigenvalue weighted by atomic mass is 10.0. The highest BCUT2D eigenvalue weighted by Gasteiger charge is 2.39. The number of para-hydroxylation sites is 1. The third-order valence-corrected chi connectivity index (χ3v) is 7.48. The number of ether oxygens (including phenoxy) is 1. The highest BCUT2D eigenvalue weighted by Crippen LogP contribution is 2.27. The van der Waals surface area contributed by atoms with Crippen molar-refractivity contribution < 1.29 is 19.1 Å². The molecule has 0 aliphatic carbocycles. The van der Waals surface area contributed by atoms with E-state index in [4.69, 9.17) is 4.74 Å². The normalized spacial score (nSPS) is 15.9. The quantitative estimate of drug-likeness (QED) is 0.335. The van der Waals surface area contributed by atoms with Crippen LogP contribution < -0.4 is 5.32 Å². The Hall–Kier alpha value is -4.04. The number of aromatic nitrogens is 1. The van der Waals surface area contributed by atoms with Crippen LogP contribution in [0.3, 0.4) is 0 Å². The number of likely N-dealkylation sites (tertiary alicyclic amines) is 1. The Morgan fingerprint density at radius 2 is 1.62 bits per heavy atom. The van der Waals surface area contributed by atoms with Gasteiger partial charge in [-0.2, -0.15) is 0 Å². The predicted octanol–water partition coefficient (Wildman–Crippen LogP) is 5.01. The minimum absolute atomic E-state index is 0.0986. The van der Waals surface area contributed by atoms with E-state index in [0.717, 1.165) is 21.3 Å². The lowest BCUT2D eigenvalue weighted by Crippen LogP contribution is -2.52. The van der Waals surface area contributed by atoms with Crippen molar-refractivity contribution in [2.45, 2.75) is 38.0 Å². The van der Waals surface area contributed by atoms with E-state index in [1.165, 1.54) is 11.3 Å². The number of hydrogen-bond acceptors (Lipinski definition) is 6. The summed E-state index contributed by atoms with van der Waals surface area (Å²) in [6, 6.07) is 25.0. The maximum atomic E-state index is 13.8. The van der Waals surface area contributed by atoms with Crippen molar-refractivity contribution in [1.82, 2.24) is 15.2 Å². The maximum absolute atomic E-state index is 13.8. The number of Topliss-reactive ketones (excluding diaryl/α,β-unsaturated/α-hetero) is 1. The molecule has 0 saturated carbocycles. The van der Waals surface area contributed by atoms with Crippen LogP contribution in [0.1, 0.15) is 33.8 Å². The fourth-order valence-corrected chi connectivity index (χ4v) is 5.53. The number of hydrogen-bond donors (Lipinski definition) is 1. The number of fused-ring (bicyclic) bond motifs is 1. The van der Waals surface area contributed by atoms with Gasteiger partial charge in [0.05, 0.1) is 16.3 Å². The molecule has 0 radical (unpaired) electrons. The maximum Gasteiger partial charge on any atom is 0.408 e. The van der Waals surface area contributed by atoms with Crippen molar-refractivity contribution in [3.63, 3.8) is 0 Å². The monoisotopic (exact) mass is 513 g/mol. The Kier molecular flexibility index (Phi) is 7.56. The third kappa shape index (κ3) is 5.86. The molecule has 1 saturated heterocycles. The predicted molar refractivity (Wildman–Crippen MR) is 142 cm³/mol. The molecule has 2 heterocycles. The smallest absolute Gasteiger partial charge is 0.408 e. The number of alkyl carbamates (subject to hydrolysis) is 1. The summed E-state index contributed by atoms with van der Waals surface area (Å²) in [6.07, 6.45) is 0.894. The first kappa shape index (κ1) is 24.6. The van der Waals surface area contributed by atoms with Gasteiger partial charge < -0.3 is 15.0 Å². The number of benzene rings is 3. The molecule has 3 aromatic carbocycles. The number of carbonyl (C=O) groups is 3. The van der Waals surface area contributed by atoms with Gasteiger partial charge in [-0.15, -0.1) is 11.3 Å². The summed E-state index contributed by atoms with van der Waals surface area (Å²) >= 11 is 1.34. The van der Waals surface area contributed by atoms with Crippen LogP contribution in [0.5, 0.6) is 0 Å². The van der Waals surface area contributed by atoms with Crippen molar-refractivity contribution >= 4 is 39.3 Å². The third-order valence-electron chi connectivity index (χ3n) is 6.43. The minimum Gasteiger partial charge on any atom is -0.445 e. The van der Waals surface area contributed by atoms with Crippen LogP contribution in [-0.2, 0) is 22.6 Å². The van der Waals surface area contributed by atoms with Gasteiger partial charge in [0.1, 0.15) is 12.6 Å². The number of nitrogens with zero attached hydrogens (tertiary/aromatic N) is 2. The average Bonchev–Trinajstić information content (AvgIpc) is 3.60. The fraction of sp³-hybridized carbons (Fsp3) is 0.241. The summed E-state index contributed by atoms with van der Waals surface area (Å²) in [4.78, 5) is 46.0. The number of carbonyl (C=O) groups excluding carboxylic acids is 3. The van der Waals surface area contributed by atoms with E-state index >= 15 is 0 Å². The first-order chi connectivity index (χ1) is 18.1. The van der Waals surface area contributed by atoms with Crippen LogP contribution in [0.25, 0.3) is 10.2 Å². The van der Waals surface area contributed by atoms with Gasteiger partial charge in [0.15, 0.2) is 5.01 Å².